The number of imide groups is 1. The Hall–Kier alpha value is -3.57. The molecule has 1 N–H and O–H groups in total. The van der Waals surface area contributed by atoms with Crippen molar-refractivity contribution < 1.29 is 18.7 Å². The summed E-state index contributed by atoms with van der Waals surface area (Å²) < 4.78 is 11.1. The molecule has 3 aromatic rings. The number of furan rings is 1. The molecule has 2 aromatic heterocycles. The Bertz CT molecular complexity index is 1170. The minimum absolute atomic E-state index is 0.268. The molecule has 0 aliphatic carbocycles. The van der Waals surface area contributed by atoms with Gasteiger partial charge in [-0.05, 0) is 35.5 Å². The van der Waals surface area contributed by atoms with E-state index >= 15 is 0 Å². The van der Waals surface area contributed by atoms with Crippen LogP contribution in [-0.2, 0) is 4.79 Å². The van der Waals surface area contributed by atoms with Gasteiger partial charge in [0, 0.05) is 29.4 Å². The van der Waals surface area contributed by atoms with Gasteiger partial charge >= 0.3 is 0 Å². The fourth-order valence-corrected chi connectivity index (χ4v) is 3.43. The third kappa shape index (κ3) is 3.05. The second-order valence-electron chi connectivity index (χ2n) is 5.63. The van der Waals surface area contributed by atoms with Crippen molar-refractivity contribution in [1.29, 1.82) is 5.26 Å². The number of benzene rings is 1. The van der Waals surface area contributed by atoms with Gasteiger partial charge in [-0.1, -0.05) is 6.07 Å². The van der Waals surface area contributed by atoms with E-state index in [-0.39, 0.29) is 4.91 Å². The maximum atomic E-state index is 11.7. The van der Waals surface area contributed by atoms with Gasteiger partial charge in [0.15, 0.2) is 0 Å². The highest BCUT2D eigenvalue weighted by molar-refractivity contribution is 8.18. The summed E-state index contributed by atoms with van der Waals surface area (Å²) in [4.78, 5) is 27.5. The maximum absolute atomic E-state index is 11.7. The van der Waals surface area contributed by atoms with Crippen molar-refractivity contribution in [1.82, 2.24) is 10.3 Å². The second-order valence-corrected chi connectivity index (χ2v) is 6.65. The largest absolute Gasteiger partial charge is 0.495 e. The van der Waals surface area contributed by atoms with Gasteiger partial charge in [0.25, 0.3) is 11.1 Å². The fourth-order valence-electron chi connectivity index (χ4n) is 2.77. The monoisotopic (exact) mass is 377 g/mol. The lowest BCUT2D eigenvalue weighted by atomic mass is 10.0. The zero-order chi connectivity index (χ0) is 19.0. The van der Waals surface area contributed by atoms with E-state index in [0.717, 1.165) is 22.7 Å². The number of nitriles is 1. The molecule has 4 rings (SSSR count). The van der Waals surface area contributed by atoms with Crippen molar-refractivity contribution in [2.24, 2.45) is 0 Å². The van der Waals surface area contributed by atoms with Gasteiger partial charge in [0.05, 0.1) is 17.6 Å². The van der Waals surface area contributed by atoms with Crippen LogP contribution in [0.25, 0.3) is 28.2 Å². The number of hydrogen-bond donors (Lipinski definition) is 1. The molecule has 1 aliphatic heterocycles. The van der Waals surface area contributed by atoms with Gasteiger partial charge in [-0.2, -0.15) is 5.26 Å². The summed E-state index contributed by atoms with van der Waals surface area (Å²) in [6.45, 7) is 0. The summed E-state index contributed by atoms with van der Waals surface area (Å²) in [6.07, 6.45) is 4.81. The van der Waals surface area contributed by atoms with E-state index in [1.165, 1.54) is 13.2 Å². The molecular weight excluding hydrogens is 366 g/mol. The molecule has 0 spiro atoms. The first-order valence-electron chi connectivity index (χ1n) is 7.80. The number of ether oxygens (including phenoxy) is 1. The molecule has 1 saturated heterocycles. The number of carbonyl (C=O) groups excluding carboxylic acids is 2. The quantitative estimate of drug-likeness (QED) is 0.694. The minimum Gasteiger partial charge on any atom is -0.495 e. The van der Waals surface area contributed by atoms with Crippen LogP contribution < -0.4 is 10.1 Å². The molecule has 2 amide bonds. The number of fused-ring (bicyclic) bond motifs is 1. The number of rotatable bonds is 3. The van der Waals surface area contributed by atoms with Crippen molar-refractivity contribution in [3.05, 3.63) is 52.9 Å². The molecular formula is C19H11N3O4S. The molecule has 7 nitrogen and oxygen atoms in total. The van der Waals surface area contributed by atoms with Crippen LogP contribution in [0.5, 0.6) is 5.75 Å². The predicted octanol–water partition coefficient (Wildman–Crippen LogP) is 3.70. The van der Waals surface area contributed by atoms with Crippen molar-refractivity contribution in [2.45, 2.75) is 0 Å². The van der Waals surface area contributed by atoms with E-state index in [0.29, 0.717) is 28.2 Å². The molecule has 0 saturated carbocycles. The lowest BCUT2D eigenvalue weighted by Gasteiger charge is -2.06. The Balaban J connectivity index is 1.81. The molecule has 27 heavy (non-hydrogen) atoms. The van der Waals surface area contributed by atoms with Crippen LogP contribution in [0, 0.1) is 11.3 Å². The number of thioether (sulfide) groups is 1. The molecule has 0 bridgehead atoms. The van der Waals surface area contributed by atoms with Gasteiger partial charge in [0.2, 0.25) is 0 Å². The highest BCUT2D eigenvalue weighted by Gasteiger charge is 2.25. The first-order valence-corrected chi connectivity index (χ1v) is 8.61. The molecule has 0 atom stereocenters. The van der Waals surface area contributed by atoms with Crippen LogP contribution in [0.3, 0.4) is 0 Å². The molecule has 0 radical (unpaired) electrons. The summed E-state index contributed by atoms with van der Waals surface area (Å²) in [7, 11) is 1.51. The number of pyridine rings is 1. The van der Waals surface area contributed by atoms with Gasteiger partial charge < -0.3 is 9.15 Å². The van der Waals surface area contributed by atoms with Crippen LogP contribution in [-0.4, -0.2) is 23.2 Å². The molecule has 132 valence electrons. The zero-order valence-corrected chi connectivity index (χ0v) is 14.8. The predicted molar refractivity (Wildman–Crippen MR) is 99.8 cm³/mol. The van der Waals surface area contributed by atoms with Crippen LogP contribution in [0.2, 0.25) is 0 Å². The second kappa shape index (κ2) is 6.63. The van der Waals surface area contributed by atoms with Crippen molar-refractivity contribution >= 4 is 40.0 Å². The third-order valence-electron chi connectivity index (χ3n) is 3.99. The summed E-state index contributed by atoms with van der Waals surface area (Å²) >= 11 is 0.824. The number of methoxy groups -OCH3 is 1. The Morgan fingerprint density at radius 1 is 1.30 bits per heavy atom. The Labute approximate surface area is 157 Å². The number of aromatic nitrogens is 1. The Kier molecular flexibility index (Phi) is 4.14. The van der Waals surface area contributed by atoms with E-state index < -0.39 is 11.1 Å². The summed E-state index contributed by atoms with van der Waals surface area (Å²) in [5.74, 6) is 0.471. The van der Waals surface area contributed by atoms with Gasteiger partial charge in [-0.3, -0.25) is 19.9 Å². The molecule has 0 unspecified atom stereocenters. The molecule has 1 fully saturated rings. The van der Waals surface area contributed by atoms with Crippen LogP contribution >= 0.6 is 11.8 Å². The molecule has 3 heterocycles. The normalized spacial score (nSPS) is 15.2. The number of nitrogens with zero attached hydrogens (tertiary/aromatic N) is 2. The average Bonchev–Trinajstić information content (AvgIpc) is 3.22. The molecule has 1 aromatic carbocycles. The summed E-state index contributed by atoms with van der Waals surface area (Å²) in [5, 5.41) is 11.8. The fraction of sp³-hybridized carbons (Fsp3) is 0.0526. The minimum atomic E-state index is -0.447. The van der Waals surface area contributed by atoms with E-state index in [2.05, 4.69) is 16.4 Å². The SMILES string of the molecule is COc1ccc(-c2cncc3cc(/C=C4/SC(=O)NC4=O)oc23)cc1C#N. The smallest absolute Gasteiger partial charge is 0.290 e. The van der Waals surface area contributed by atoms with Crippen LogP contribution in [0.4, 0.5) is 4.79 Å². The van der Waals surface area contributed by atoms with Crippen LogP contribution in [0.1, 0.15) is 11.3 Å². The number of carbonyl (C=O) groups is 2. The van der Waals surface area contributed by atoms with Crippen LogP contribution in [0.15, 0.2) is 46.0 Å². The van der Waals surface area contributed by atoms with E-state index in [9.17, 15) is 14.9 Å². The van der Waals surface area contributed by atoms with E-state index in [1.54, 1.807) is 30.6 Å². The van der Waals surface area contributed by atoms with Crippen molar-refractivity contribution in [2.75, 3.05) is 7.11 Å². The standard InChI is InChI=1S/C19H11N3O4S/c1-25-15-3-2-10(4-11(15)7-20)14-9-21-8-12-5-13(26-17(12)14)6-16-18(23)22-19(24)27-16/h2-6,8-9H,1H3,(H,22,23,24)/b16-6+. The third-order valence-corrected chi connectivity index (χ3v) is 4.80. The number of hydrogen-bond acceptors (Lipinski definition) is 7. The lowest BCUT2D eigenvalue weighted by Crippen LogP contribution is -2.17. The first-order chi connectivity index (χ1) is 13.1. The highest BCUT2D eigenvalue weighted by atomic mass is 32.2. The van der Waals surface area contributed by atoms with Crippen molar-refractivity contribution in [3.63, 3.8) is 0 Å². The first kappa shape index (κ1) is 16.9. The van der Waals surface area contributed by atoms with Crippen molar-refractivity contribution in [3.8, 4) is 22.9 Å². The Morgan fingerprint density at radius 3 is 2.85 bits per heavy atom. The van der Waals surface area contributed by atoms with Gasteiger partial charge in [-0.15, -0.1) is 0 Å². The highest BCUT2D eigenvalue weighted by Crippen LogP contribution is 2.34. The summed E-state index contributed by atoms with van der Waals surface area (Å²) in [6, 6.07) is 9.07. The average molecular weight is 377 g/mol. The molecule has 1 aliphatic rings. The number of amides is 2. The number of nitrogens with one attached hydrogen (secondary N) is 1. The topological polar surface area (TPSA) is 105 Å². The van der Waals surface area contributed by atoms with E-state index in [4.69, 9.17) is 9.15 Å². The molecule has 8 heteroatoms. The lowest BCUT2D eigenvalue weighted by molar-refractivity contribution is -0.115. The van der Waals surface area contributed by atoms with Gasteiger partial charge in [0.1, 0.15) is 23.2 Å². The maximum Gasteiger partial charge on any atom is 0.290 e. The zero-order valence-electron chi connectivity index (χ0n) is 14.0. The Morgan fingerprint density at radius 2 is 2.15 bits per heavy atom. The van der Waals surface area contributed by atoms with E-state index in [1.807, 2.05) is 6.07 Å². The van der Waals surface area contributed by atoms with Gasteiger partial charge in [-0.25, -0.2) is 0 Å². The summed E-state index contributed by atoms with van der Waals surface area (Å²) in [5.41, 5.74) is 2.43.